The summed E-state index contributed by atoms with van der Waals surface area (Å²) in [5, 5.41) is 14.0. The Hall–Kier alpha value is -3.09. The molecule has 31 heavy (non-hydrogen) atoms. The van der Waals surface area contributed by atoms with Gasteiger partial charge in [-0.05, 0) is 35.4 Å². The second-order valence-electron chi connectivity index (χ2n) is 7.36. The number of benzene rings is 3. The molecule has 1 aromatic heterocycles. The van der Waals surface area contributed by atoms with Gasteiger partial charge in [-0.2, -0.15) is 0 Å². The molecule has 4 aromatic rings. The molecule has 6 heteroatoms. The van der Waals surface area contributed by atoms with Crippen molar-refractivity contribution in [3.05, 3.63) is 100 Å². The molecule has 0 saturated carbocycles. The highest BCUT2D eigenvalue weighted by Crippen LogP contribution is 2.25. The van der Waals surface area contributed by atoms with Gasteiger partial charge in [-0.15, -0.1) is 0 Å². The average molecular weight is 479 g/mol. The third-order valence-electron chi connectivity index (χ3n) is 5.20. The first-order valence-electron chi connectivity index (χ1n) is 10.1. The third kappa shape index (κ3) is 5.34. The number of hydrogen-bond acceptors (Lipinski definition) is 3. The number of fused-ring (bicyclic) bond motifs is 1. The molecule has 0 radical (unpaired) electrons. The van der Waals surface area contributed by atoms with Crippen molar-refractivity contribution in [2.45, 2.75) is 25.6 Å². The number of halogens is 1. The molecule has 158 valence electrons. The number of carbonyl (C=O) groups is 1. The van der Waals surface area contributed by atoms with Gasteiger partial charge in [0.05, 0.1) is 0 Å². The molecular weight excluding hydrogens is 456 g/mol. The fraction of sp³-hybridized carbons (Fsp3) is 0.160. The van der Waals surface area contributed by atoms with Gasteiger partial charge >= 0.3 is 5.97 Å². The largest absolute Gasteiger partial charge is 0.489 e. The van der Waals surface area contributed by atoms with E-state index in [2.05, 4.69) is 26.2 Å². The van der Waals surface area contributed by atoms with Gasteiger partial charge in [-0.3, -0.25) is 10.1 Å². The van der Waals surface area contributed by atoms with Crippen molar-refractivity contribution >= 4 is 32.8 Å². The molecule has 0 fully saturated rings. The number of ether oxygens (including phenoxy) is 1. The number of H-pyrrole nitrogens is 1. The number of aliphatic carboxylic acids is 1. The fourth-order valence-electron chi connectivity index (χ4n) is 3.56. The summed E-state index contributed by atoms with van der Waals surface area (Å²) in [5.74, 6) is -0.150. The Morgan fingerprint density at radius 3 is 2.61 bits per heavy atom. The molecule has 3 aromatic carbocycles. The minimum absolute atomic E-state index is 0.378. The summed E-state index contributed by atoms with van der Waals surface area (Å²) in [5.41, 5.74) is 3.96. The van der Waals surface area contributed by atoms with Crippen LogP contribution in [0, 0.1) is 0 Å². The number of carboxylic acids is 1. The van der Waals surface area contributed by atoms with E-state index in [1.54, 1.807) is 0 Å². The van der Waals surface area contributed by atoms with E-state index < -0.39 is 12.0 Å². The van der Waals surface area contributed by atoms with Crippen LogP contribution in [0.1, 0.15) is 16.7 Å². The van der Waals surface area contributed by atoms with Crippen molar-refractivity contribution in [3.8, 4) is 5.75 Å². The standard InChI is InChI=1S/C25H23BrN2O3/c26-20-10-11-24(31-16-17-6-2-1-3-7-17)19(12-20)15-28-23(25(29)30)13-18-14-27-22-9-5-4-8-21(18)22/h1-12,14,23,27-28H,13,15-16H2,(H,29,30). The van der Waals surface area contributed by atoms with Gasteiger partial charge in [0.15, 0.2) is 0 Å². The van der Waals surface area contributed by atoms with E-state index in [4.69, 9.17) is 4.74 Å². The summed E-state index contributed by atoms with van der Waals surface area (Å²) in [6.07, 6.45) is 2.27. The summed E-state index contributed by atoms with van der Waals surface area (Å²) in [6, 6.07) is 22.9. The predicted octanol–water partition coefficient (Wildman–Crippen LogP) is 5.29. The van der Waals surface area contributed by atoms with E-state index in [-0.39, 0.29) is 0 Å². The molecule has 0 aliphatic carbocycles. The van der Waals surface area contributed by atoms with Crippen LogP contribution in [0.5, 0.6) is 5.75 Å². The molecule has 0 aliphatic heterocycles. The van der Waals surface area contributed by atoms with E-state index >= 15 is 0 Å². The van der Waals surface area contributed by atoms with Crippen molar-refractivity contribution in [1.29, 1.82) is 0 Å². The molecule has 0 amide bonds. The Morgan fingerprint density at radius 2 is 1.81 bits per heavy atom. The Bertz CT molecular complexity index is 1170. The monoisotopic (exact) mass is 478 g/mol. The molecule has 1 atom stereocenters. The van der Waals surface area contributed by atoms with Crippen molar-refractivity contribution in [2.24, 2.45) is 0 Å². The van der Waals surface area contributed by atoms with Gasteiger partial charge in [-0.25, -0.2) is 0 Å². The number of nitrogens with one attached hydrogen (secondary N) is 2. The summed E-state index contributed by atoms with van der Waals surface area (Å²) in [6.45, 7) is 0.829. The first kappa shape index (κ1) is 21.2. The van der Waals surface area contributed by atoms with Gasteiger partial charge < -0.3 is 14.8 Å². The lowest BCUT2D eigenvalue weighted by Crippen LogP contribution is -2.38. The maximum Gasteiger partial charge on any atom is 0.321 e. The predicted molar refractivity (Wildman–Crippen MR) is 125 cm³/mol. The van der Waals surface area contributed by atoms with Gasteiger partial charge in [-0.1, -0.05) is 64.5 Å². The van der Waals surface area contributed by atoms with E-state index in [0.29, 0.717) is 19.6 Å². The Kier molecular flexibility index (Phi) is 6.70. The van der Waals surface area contributed by atoms with E-state index in [9.17, 15) is 9.90 Å². The lowest BCUT2D eigenvalue weighted by Gasteiger charge is -2.17. The number of aromatic nitrogens is 1. The smallest absolute Gasteiger partial charge is 0.321 e. The average Bonchev–Trinajstić information content (AvgIpc) is 3.19. The van der Waals surface area contributed by atoms with Crippen molar-refractivity contribution in [3.63, 3.8) is 0 Å². The van der Waals surface area contributed by atoms with Crippen LogP contribution < -0.4 is 10.1 Å². The van der Waals surface area contributed by atoms with Crippen molar-refractivity contribution in [1.82, 2.24) is 10.3 Å². The second-order valence-corrected chi connectivity index (χ2v) is 8.28. The normalized spacial score (nSPS) is 12.0. The molecule has 0 bridgehead atoms. The van der Waals surface area contributed by atoms with E-state index in [0.717, 1.165) is 37.8 Å². The van der Waals surface area contributed by atoms with Gasteiger partial charge in [0.2, 0.25) is 0 Å². The van der Waals surface area contributed by atoms with Crippen molar-refractivity contribution < 1.29 is 14.6 Å². The molecule has 3 N–H and O–H groups in total. The van der Waals surface area contributed by atoms with E-state index in [1.165, 1.54) is 0 Å². The van der Waals surface area contributed by atoms with E-state index in [1.807, 2.05) is 79.0 Å². The van der Waals surface area contributed by atoms with Crippen LogP contribution in [0.25, 0.3) is 10.9 Å². The van der Waals surface area contributed by atoms with Crippen LogP contribution in [-0.4, -0.2) is 22.1 Å². The fourth-order valence-corrected chi connectivity index (χ4v) is 3.97. The highest BCUT2D eigenvalue weighted by Gasteiger charge is 2.20. The summed E-state index contributed by atoms with van der Waals surface area (Å²) in [7, 11) is 0. The summed E-state index contributed by atoms with van der Waals surface area (Å²) < 4.78 is 6.94. The minimum Gasteiger partial charge on any atom is -0.489 e. The second kappa shape index (κ2) is 9.81. The first-order chi connectivity index (χ1) is 15.1. The lowest BCUT2D eigenvalue weighted by atomic mass is 10.0. The molecule has 5 nitrogen and oxygen atoms in total. The Labute approximate surface area is 189 Å². The zero-order valence-corrected chi connectivity index (χ0v) is 18.4. The highest BCUT2D eigenvalue weighted by molar-refractivity contribution is 9.10. The van der Waals surface area contributed by atoms with Gasteiger partial charge in [0.25, 0.3) is 0 Å². The molecular formula is C25H23BrN2O3. The Balaban J connectivity index is 1.47. The first-order valence-corrected chi connectivity index (χ1v) is 10.9. The maximum atomic E-state index is 11.9. The van der Waals surface area contributed by atoms with Crippen LogP contribution in [0.3, 0.4) is 0 Å². The summed E-state index contributed by atoms with van der Waals surface area (Å²) in [4.78, 5) is 15.1. The van der Waals surface area contributed by atoms with Gasteiger partial charge in [0.1, 0.15) is 18.4 Å². The number of rotatable bonds is 9. The molecule has 1 unspecified atom stereocenters. The molecule has 0 spiro atoms. The minimum atomic E-state index is -0.882. The number of para-hydroxylation sites is 1. The molecule has 1 heterocycles. The zero-order chi connectivity index (χ0) is 21.6. The van der Waals surface area contributed by atoms with Gasteiger partial charge in [0, 0.05) is 40.1 Å². The zero-order valence-electron chi connectivity index (χ0n) is 16.8. The quantitative estimate of drug-likeness (QED) is 0.305. The lowest BCUT2D eigenvalue weighted by molar-refractivity contribution is -0.139. The maximum absolute atomic E-state index is 11.9. The Morgan fingerprint density at radius 1 is 1.03 bits per heavy atom. The number of aromatic amines is 1. The topological polar surface area (TPSA) is 74.3 Å². The highest BCUT2D eigenvalue weighted by atomic mass is 79.9. The number of hydrogen-bond donors (Lipinski definition) is 3. The third-order valence-corrected chi connectivity index (χ3v) is 5.69. The number of carboxylic acid groups (broad SMARTS) is 1. The van der Waals surface area contributed by atoms with Crippen LogP contribution in [0.15, 0.2) is 83.5 Å². The van der Waals surface area contributed by atoms with Crippen LogP contribution in [0.2, 0.25) is 0 Å². The molecule has 0 aliphatic rings. The SMILES string of the molecule is O=C(O)C(Cc1c[nH]c2ccccc12)NCc1cc(Br)ccc1OCc1ccccc1. The molecule has 4 rings (SSSR count). The summed E-state index contributed by atoms with van der Waals surface area (Å²) >= 11 is 3.50. The van der Waals surface area contributed by atoms with Crippen LogP contribution in [0.4, 0.5) is 0 Å². The van der Waals surface area contributed by atoms with Crippen molar-refractivity contribution in [2.75, 3.05) is 0 Å². The molecule has 0 saturated heterocycles. The van der Waals surface area contributed by atoms with Crippen LogP contribution >= 0.6 is 15.9 Å². The van der Waals surface area contributed by atoms with Crippen LogP contribution in [-0.2, 0) is 24.4 Å².